The molecule has 1 aromatic carbocycles. The van der Waals surface area contributed by atoms with E-state index in [9.17, 15) is 9.90 Å². The fraction of sp³-hybridized carbons (Fsp3) is 0.222. The number of phenols is 2. The number of carbonyl (C=O) groups is 1. The van der Waals surface area contributed by atoms with Gasteiger partial charge < -0.3 is 21.1 Å². The second-order valence-electron chi connectivity index (χ2n) is 3.09. The number of hydrogen-bond acceptors (Lipinski definition) is 4. The summed E-state index contributed by atoms with van der Waals surface area (Å²) in [7, 11) is 0. The Bertz CT molecular complexity index is 371. The third-order valence-corrected chi connectivity index (χ3v) is 2.16. The van der Waals surface area contributed by atoms with Crippen LogP contribution in [0.5, 0.6) is 11.5 Å². The first-order valence-electron chi connectivity index (χ1n) is 4.10. The van der Waals surface area contributed by atoms with Crippen molar-refractivity contribution in [3.8, 4) is 11.5 Å². The van der Waals surface area contributed by atoms with E-state index in [4.69, 9.17) is 27.5 Å². The zero-order chi connectivity index (χ0) is 11.6. The maximum absolute atomic E-state index is 10.5. The number of hydrogen-bond donors (Lipinski definition) is 4. The highest BCUT2D eigenvalue weighted by atomic mass is 35.5. The number of benzene rings is 1. The molecular weight excluding hydrogens is 222 g/mol. The van der Waals surface area contributed by atoms with E-state index in [1.54, 1.807) is 0 Å². The Balaban J connectivity index is 2.92. The lowest BCUT2D eigenvalue weighted by Crippen LogP contribution is -2.32. The summed E-state index contributed by atoms with van der Waals surface area (Å²) in [5.74, 6) is -1.96. The summed E-state index contributed by atoms with van der Waals surface area (Å²) in [6, 6.07) is 1.52. The van der Waals surface area contributed by atoms with Gasteiger partial charge in [0.1, 0.15) is 6.04 Å². The van der Waals surface area contributed by atoms with E-state index in [2.05, 4.69) is 0 Å². The Hall–Kier alpha value is -1.46. The Morgan fingerprint density at radius 2 is 2.07 bits per heavy atom. The molecular formula is C9H10ClNO4. The van der Waals surface area contributed by atoms with Crippen LogP contribution in [0.1, 0.15) is 5.56 Å². The van der Waals surface area contributed by atoms with Crippen molar-refractivity contribution in [1.29, 1.82) is 0 Å². The number of rotatable bonds is 3. The molecule has 0 aliphatic rings. The van der Waals surface area contributed by atoms with Crippen LogP contribution in [0.2, 0.25) is 5.02 Å². The first kappa shape index (κ1) is 11.6. The summed E-state index contributed by atoms with van der Waals surface area (Å²) in [5, 5.41) is 26.9. The highest BCUT2D eigenvalue weighted by molar-refractivity contribution is 6.32. The molecule has 0 aromatic heterocycles. The zero-order valence-electron chi connectivity index (χ0n) is 7.64. The SMILES string of the molecule is N[C@@H](Cc1cc(O)c(O)c(Cl)c1)C(=O)O. The molecule has 0 unspecified atom stereocenters. The van der Waals surface area contributed by atoms with Crippen LogP contribution in [0.3, 0.4) is 0 Å². The van der Waals surface area contributed by atoms with E-state index in [0.29, 0.717) is 5.56 Å². The third kappa shape index (κ3) is 2.74. The summed E-state index contributed by atoms with van der Waals surface area (Å²) in [6.07, 6.45) is 0.0306. The first-order valence-corrected chi connectivity index (χ1v) is 4.48. The minimum atomic E-state index is -1.14. The molecule has 6 heteroatoms. The van der Waals surface area contributed by atoms with Crippen LogP contribution in [0.25, 0.3) is 0 Å². The van der Waals surface area contributed by atoms with E-state index in [1.165, 1.54) is 12.1 Å². The van der Waals surface area contributed by atoms with Gasteiger partial charge in [-0.05, 0) is 24.1 Å². The van der Waals surface area contributed by atoms with Gasteiger partial charge in [0.25, 0.3) is 0 Å². The first-order chi connectivity index (χ1) is 6.91. The van der Waals surface area contributed by atoms with Crippen LogP contribution in [0.4, 0.5) is 0 Å². The summed E-state index contributed by atoms with van der Waals surface area (Å²) >= 11 is 5.58. The van der Waals surface area contributed by atoms with Gasteiger partial charge >= 0.3 is 5.97 Å². The van der Waals surface area contributed by atoms with Gasteiger partial charge in [0.05, 0.1) is 5.02 Å². The maximum Gasteiger partial charge on any atom is 0.320 e. The summed E-state index contributed by atoms with van der Waals surface area (Å²) < 4.78 is 0. The van der Waals surface area contributed by atoms with Crippen LogP contribution in [-0.4, -0.2) is 27.3 Å². The van der Waals surface area contributed by atoms with Crippen molar-refractivity contribution >= 4 is 17.6 Å². The largest absolute Gasteiger partial charge is 0.504 e. The molecule has 5 nitrogen and oxygen atoms in total. The standard InChI is InChI=1S/C9H10ClNO4/c10-5-1-4(2-6(11)9(14)15)3-7(12)8(5)13/h1,3,6,12-13H,2,11H2,(H,14,15)/t6-/m0/s1. The van der Waals surface area contributed by atoms with E-state index in [-0.39, 0.29) is 11.4 Å². The molecule has 0 fully saturated rings. The van der Waals surface area contributed by atoms with Gasteiger partial charge in [-0.25, -0.2) is 0 Å². The van der Waals surface area contributed by atoms with Crippen LogP contribution < -0.4 is 5.73 Å². The number of aliphatic carboxylic acids is 1. The molecule has 0 aliphatic carbocycles. The molecule has 0 heterocycles. The molecule has 15 heavy (non-hydrogen) atoms. The Kier molecular flexibility index (Phi) is 3.39. The monoisotopic (exact) mass is 231 g/mol. The van der Waals surface area contributed by atoms with E-state index in [0.717, 1.165) is 0 Å². The van der Waals surface area contributed by atoms with Gasteiger partial charge in [-0.2, -0.15) is 0 Å². The lowest BCUT2D eigenvalue weighted by molar-refractivity contribution is -0.138. The Morgan fingerprint density at radius 1 is 1.47 bits per heavy atom. The number of carboxylic acid groups (broad SMARTS) is 1. The molecule has 0 radical (unpaired) electrons. The molecule has 1 atom stereocenters. The topological polar surface area (TPSA) is 104 Å². The number of halogens is 1. The fourth-order valence-electron chi connectivity index (χ4n) is 1.10. The molecule has 1 rings (SSSR count). The van der Waals surface area contributed by atoms with Gasteiger partial charge in [0.2, 0.25) is 0 Å². The average Bonchev–Trinajstić information content (AvgIpc) is 2.13. The van der Waals surface area contributed by atoms with Crippen LogP contribution in [0.15, 0.2) is 12.1 Å². The quantitative estimate of drug-likeness (QED) is 0.574. The normalized spacial score (nSPS) is 12.4. The van der Waals surface area contributed by atoms with Crippen LogP contribution in [-0.2, 0) is 11.2 Å². The van der Waals surface area contributed by atoms with Crippen LogP contribution >= 0.6 is 11.6 Å². The molecule has 0 saturated carbocycles. The van der Waals surface area contributed by atoms with Crippen molar-refractivity contribution in [1.82, 2.24) is 0 Å². The van der Waals surface area contributed by atoms with Gasteiger partial charge in [-0.1, -0.05) is 11.6 Å². The third-order valence-electron chi connectivity index (χ3n) is 1.88. The highest BCUT2D eigenvalue weighted by Gasteiger charge is 2.14. The molecule has 0 spiro atoms. The predicted octanol–water partition coefficient (Wildman–Crippen LogP) is 0.706. The molecule has 1 aromatic rings. The van der Waals surface area contributed by atoms with Gasteiger partial charge in [-0.15, -0.1) is 0 Å². The molecule has 0 bridgehead atoms. The minimum absolute atomic E-state index is 0.0306. The smallest absolute Gasteiger partial charge is 0.320 e. The van der Waals surface area contributed by atoms with Crippen molar-refractivity contribution in [3.05, 3.63) is 22.7 Å². The van der Waals surface area contributed by atoms with E-state index < -0.39 is 23.5 Å². The number of phenolic OH excluding ortho intramolecular Hbond substituents is 2. The Labute approximate surface area is 90.7 Å². The van der Waals surface area contributed by atoms with Crippen LogP contribution in [0, 0.1) is 0 Å². The van der Waals surface area contributed by atoms with Gasteiger partial charge in [0, 0.05) is 0 Å². The lowest BCUT2D eigenvalue weighted by atomic mass is 10.1. The van der Waals surface area contributed by atoms with E-state index in [1.807, 2.05) is 0 Å². The molecule has 0 saturated heterocycles. The maximum atomic E-state index is 10.5. The molecule has 82 valence electrons. The molecule has 0 aliphatic heterocycles. The fourth-order valence-corrected chi connectivity index (χ4v) is 1.34. The van der Waals surface area contributed by atoms with Gasteiger partial charge in [0.15, 0.2) is 11.5 Å². The van der Waals surface area contributed by atoms with Gasteiger partial charge in [-0.3, -0.25) is 4.79 Å². The minimum Gasteiger partial charge on any atom is -0.504 e. The summed E-state index contributed by atoms with van der Waals surface area (Å²) in [6.45, 7) is 0. The van der Waals surface area contributed by atoms with Crippen molar-refractivity contribution in [2.75, 3.05) is 0 Å². The lowest BCUT2D eigenvalue weighted by Gasteiger charge is -2.08. The molecule has 5 N–H and O–H groups in total. The second kappa shape index (κ2) is 4.37. The molecule has 0 amide bonds. The summed E-state index contributed by atoms with van der Waals surface area (Å²) in [4.78, 5) is 10.5. The number of nitrogens with two attached hydrogens (primary N) is 1. The number of carboxylic acids is 1. The van der Waals surface area contributed by atoms with E-state index >= 15 is 0 Å². The predicted molar refractivity (Wildman–Crippen MR) is 54.1 cm³/mol. The van der Waals surface area contributed by atoms with Crippen molar-refractivity contribution in [3.63, 3.8) is 0 Å². The second-order valence-corrected chi connectivity index (χ2v) is 3.50. The zero-order valence-corrected chi connectivity index (χ0v) is 8.40. The van der Waals surface area contributed by atoms with Crippen molar-refractivity contribution in [2.24, 2.45) is 5.73 Å². The van der Waals surface area contributed by atoms with Crippen molar-refractivity contribution in [2.45, 2.75) is 12.5 Å². The van der Waals surface area contributed by atoms with Crippen molar-refractivity contribution < 1.29 is 20.1 Å². The highest BCUT2D eigenvalue weighted by Crippen LogP contribution is 2.34. The summed E-state index contributed by atoms with van der Waals surface area (Å²) in [5.41, 5.74) is 5.75. The average molecular weight is 232 g/mol. The Morgan fingerprint density at radius 3 is 2.53 bits per heavy atom. The number of aromatic hydroxyl groups is 2.